The van der Waals surface area contributed by atoms with E-state index in [4.69, 9.17) is 9.26 Å². The maximum atomic E-state index is 11.9. The molecular weight excluding hydrogens is 492 g/mol. The predicted molar refractivity (Wildman–Crippen MR) is 151 cm³/mol. The number of ether oxygens (including phenoxy) is 1. The van der Waals surface area contributed by atoms with E-state index >= 15 is 0 Å². The number of nitrogens with two attached hydrogens (primary N) is 1. The summed E-state index contributed by atoms with van der Waals surface area (Å²) in [7, 11) is 2.10. The number of aromatic carboxylic acids is 1. The van der Waals surface area contributed by atoms with Gasteiger partial charge >= 0.3 is 5.97 Å². The second-order valence-electron chi connectivity index (χ2n) is 10.9. The van der Waals surface area contributed by atoms with Gasteiger partial charge in [0.2, 0.25) is 0 Å². The van der Waals surface area contributed by atoms with Gasteiger partial charge in [0.1, 0.15) is 23.8 Å². The van der Waals surface area contributed by atoms with Gasteiger partial charge in [-0.3, -0.25) is 0 Å². The van der Waals surface area contributed by atoms with Crippen molar-refractivity contribution in [3.63, 3.8) is 0 Å². The average Bonchev–Trinajstić information content (AvgIpc) is 3.47. The first-order valence-electron chi connectivity index (χ1n) is 14.1. The molecule has 0 saturated heterocycles. The zero-order valence-electron chi connectivity index (χ0n) is 22.8. The average molecular weight is 530 g/mol. The van der Waals surface area contributed by atoms with E-state index in [1.54, 1.807) is 6.07 Å². The molecule has 8 nitrogen and oxygen atoms in total. The highest BCUT2D eigenvalue weighted by Gasteiger charge is 2.31. The van der Waals surface area contributed by atoms with Crippen molar-refractivity contribution >= 4 is 22.6 Å². The molecule has 204 valence electrons. The minimum absolute atomic E-state index is 0.340. The number of carbonyl (C=O) groups is 1. The Labute approximate surface area is 228 Å². The van der Waals surface area contributed by atoms with E-state index in [1.807, 2.05) is 25.1 Å². The summed E-state index contributed by atoms with van der Waals surface area (Å²) < 4.78 is 13.8. The first kappa shape index (κ1) is 25.5. The molecule has 0 amide bonds. The van der Waals surface area contributed by atoms with Crippen molar-refractivity contribution in [1.29, 1.82) is 0 Å². The van der Waals surface area contributed by atoms with E-state index in [-0.39, 0.29) is 0 Å². The van der Waals surface area contributed by atoms with E-state index < -0.39 is 5.97 Å². The Hall–Kier alpha value is -3.78. The van der Waals surface area contributed by atoms with Crippen LogP contribution in [-0.2, 0) is 13.2 Å². The summed E-state index contributed by atoms with van der Waals surface area (Å²) in [6.07, 6.45) is 6.12. The van der Waals surface area contributed by atoms with Crippen LogP contribution in [0.15, 0.2) is 47.0 Å². The number of carboxylic acids is 1. The van der Waals surface area contributed by atoms with Gasteiger partial charge in [0.15, 0.2) is 0 Å². The lowest BCUT2D eigenvalue weighted by atomic mass is 9.81. The molecule has 0 spiro atoms. The Kier molecular flexibility index (Phi) is 7.04. The van der Waals surface area contributed by atoms with Crippen molar-refractivity contribution in [1.82, 2.24) is 9.72 Å². The quantitative estimate of drug-likeness (QED) is 0.336. The number of aromatic nitrogens is 2. The summed E-state index contributed by atoms with van der Waals surface area (Å²) in [5.41, 5.74) is 7.14. The summed E-state index contributed by atoms with van der Waals surface area (Å²) in [6.45, 7) is 5.77. The van der Waals surface area contributed by atoms with Gasteiger partial charge in [0.05, 0.1) is 37.1 Å². The number of carboxylic acid groups (broad SMARTS) is 1. The molecule has 3 heterocycles. The fourth-order valence-corrected chi connectivity index (χ4v) is 6.40. The topological polar surface area (TPSA) is 97.3 Å². The number of benzene rings is 2. The largest absolute Gasteiger partial charge is 0.487 e. The van der Waals surface area contributed by atoms with Crippen LogP contribution in [0.4, 0.5) is 5.69 Å². The third kappa shape index (κ3) is 4.89. The number of likely N-dealkylation sites (N-methyl/N-ethyl adjacent to an activating group) is 1. The second-order valence-corrected chi connectivity index (χ2v) is 10.9. The number of anilines is 1. The second kappa shape index (κ2) is 10.8. The predicted octanol–water partition coefficient (Wildman–Crippen LogP) is 4.94. The molecule has 2 aromatic heterocycles. The van der Waals surface area contributed by atoms with Gasteiger partial charge in [-0.1, -0.05) is 30.5 Å². The van der Waals surface area contributed by atoms with E-state index in [2.05, 4.69) is 45.2 Å². The van der Waals surface area contributed by atoms with E-state index in [1.165, 1.54) is 60.0 Å². The van der Waals surface area contributed by atoms with Crippen LogP contribution in [0.5, 0.6) is 5.75 Å². The monoisotopic (exact) mass is 529 g/mol. The molecular formula is C31H37N4O4+. The van der Waals surface area contributed by atoms with Crippen molar-refractivity contribution in [3.8, 4) is 17.0 Å². The minimum Gasteiger partial charge on any atom is -0.487 e. The minimum atomic E-state index is -0.884. The standard InChI is InChI=1S/C31H36N4O4/c1-20-16-23(33-39-20)19-38-24-9-11-26-27(18-24)34(13-12-32-2)14-15-35-28-17-22(31(36)37)8-10-25(28)29(30(26)35)21-6-4-3-5-7-21/h8-11,16-18,21,32H,3-7,12-15,19H2,1-2H3,(H,36,37)/p+1. The summed E-state index contributed by atoms with van der Waals surface area (Å²) in [4.78, 5) is 14.4. The molecule has 1 fully saturated rings. The SMILES string of the molecule is C[NH2+]CCN1CCn2c(c(C3CCCCC3)c3ccc(C(=O)O)cc32)-c2ccc(OCc3cc(C)on3)cc21. The molecule has 2 aromatic carbocycles. The molecule has 0 bridgehead atoms. The van der Waals surface area contributed by atoms with Gasteiger partial charge in [-0.15, -0.1) is 0 Å². The van der Waals surface area contributed by atoms with Crippen LogP contribution >= 0.6 is 0 Å². The summed E-state index contributed by atoms with van der Waals surface area (Å²) in [5.74, 6) is 1.16. The van der Waals surface area contributed by atoms with Crippen molar-refractivity contribution in [2.45, 2.75) is 58.1 Å². The van der Waals surface area contributed by atoms with Gasteiger partial charge in [-0.25, -0.2) is 4.79 Å². The maximum absolute atomic E-state index is 11.9. The number of nitrogens with zero attached hydrogens (tertiary/aromatic N) is 3. The van der Waals surface area contributed by atoms with Crippen LogP contribution in [0.1, 0.15) is 65.4 Å². The van der Waals surface area contributed by atoms with Crippen molar-refractivity contribution in [2.75, 3.05) is 31.6 Å². The van der Waals surface area contributed by atoms with Gasteiger partial charge in [0.25, 0.3) is 0 Å². The smallest absolute Gasteiger partial charge is 0.335 e. The van der Waals surface area contributed by atoms with Crippen LogP contribution in [-0.4, -0.2) is 47.5 Å². The Morgan fingerprint density at radius 2 is 1.97 bits per heavy atom. The van der Waals surface area contributed by atoms with Crippen molar-refractivity contribution in [2.24, 2.45) is 0 Å². The van der Waals surface area contributed by atoms with E-state index in [0.29, 0.717) is 18.1 Å². The molecule has 6 rings (SSSR count). The highest BCUT2D eigenvalue weighted by Crippen LogP contribution is 2.48. The number of hydrogen-bond acceptors (Lipinski definition) is 5. The van der Waals surface area contributed by atoms with Crippen LogP contribution < -0.4 is 15.0 Å². The Balaban J connectivity index is 1.50. The summed E-state index contributed by atoms with van der Waals surface area (Å²) in [6, 6.07) is 14.0. The van der Waals surface area contributed by atoms with Gasteiger partial charge < -0.3 is 29.2 Å². The fourth-order valence-electron chi connectivity index (χ4n) is 6.40. The van der Waals surface area contributed by atoms with Crippen molar-refractivity contribution in [3.05, 3.63) is 65.0 Å². The summed E-state index contributed by atoms with van der Waals surface area (Å²) >= 11 is 0. The zero-order valence-corrected chi connectivity index (χ0v) is 22.8. The molecule has 8 heteroatoms. The number of fused-ring (bicyclic) bond motifs is 5. The zero-order chi connectivity index (χ0) is 26.9. The highest BCUT2D eigenvalue weighted by atomic mass is 16.5. The maximum Gasteiger partial charge on any atom is 0.335 e. The van der Waals surface area contributed by atoms with Crippen LogP contribution in [0.2, 0.25) is 0 Å². The highest BCUT2D eigenvalue weighted by molar-refractivity contribution is 5.99. The normalized spacial score (nSPS) is 15.7. The molecule has 0 unspecified atom stereocenters. The lowest BCUT2D eigenvalue weighted by molar-refractivity contribution is -0.624. The molecule has 4 aromatic rings. The lowest BCUT2D eigenvalue weighted by Gasteiger charge is -2.26. The van der Waals surface area contributed by atoms with Crippen LogP contribution in [0.3, 0.4) is 0 Å². The molecule has 0 atom stereocenters. The molecule has 1 aliphatic carbocycles. The molecule has 39 heavy (non-hydrogen) atoms. The van der Waals surface area contributed by atoms with E-state index in [0.717, 1.165) is 48.9 Å². The Morgan fingerprint density at radius 3 is 2.72 bits per heavy atom. The first-order chi connectivity index (χ1) is 19.0. The molecule has 2 aliphatic rings. The molecule has 3 N–H and O–H groups in total. The molecule has 1 aliphatic heterocycles. The first-order valence-corrected chi connectivity index (χ1v) is 14.1. The fraction of sp³-hybridized carbons (Fsp3) is 0.419. The summed E-state index contributed by atoms with van der Waals surface area (Å²) in [5, 5.41) is 17.2. The Morgan fingerprint density at radius 1 is 1.13 bits per heavy atom. The Bertz CT molecular complexity index is 1500. The van der Waals surface area contributed by atoms with Gasteiger partial charge in [-0.2, -0.15) is 0 Å². The van der Waals surface area contributed by atoms with Crippen LogP contribution in [0, 0.1) is 6.92 Å². The molecule has 1 saturated carbocycles. The van der Waals surface area contributed by atoms with Gasteiger partial charge in [-0.05, 0) is 55.5 Å². The number of hydrogen-bond donors (Lipinski definition) is 2. The number of rotatable bonds is 8. The van der Waals surface area contributed by atoms with Crippen LogP contribution in [0.25, 0.3) is 22.2 Å². The third-order valence-corrected chi connectivity index (χ3v) is 8.27. The lowest BCUT2D eigenvalue weighted by Crippen LogP contribution is -2.81. The number of aryl methyl sites for hydroxylation is 1. The van der Waals surface area contributed by atoms with Gasteiger partial charge in [0, 0.05) is 41.7 Å². The third-order valence-electron chi connectivity index (χ3n) is 8.27. The van der Waals surface area contributed by atoms with E-state index in [9.17, 15) is 9.90 Å². The van der Waals surface area contributed by atoms with Crippen molar-refractivity contribution < 1.29 is 24.5 Å². The number of quaternary nitrogens is 1. The molecule has 0 radical (unpaired) electrons.